The Morgan fingerprint density at radius 1 is 1.30 bits per heavy atom. The lowest BCUT2D eigenvalue weighted by molar-refractivity contribution is -0.145. The van der Waals surface area contributed by atoms with Gasteiger partial charge in [-0.3, -0.25) is 14.4 Å². The third-order valence-corrected chi connectivity index (χ3v) is 5.16. The lowest BCUT2D eigenvalue weighted by Crippen LogP contribution is -2.45. The second-order valence-corrected chi connectivity index (χ2v) is 6.72. The lowest BCUT2D eigenvalue weighted by atomic mass is 9.87. The maximum Gasteiger partial charge on any atom is 0.306 e. The van der Waals surface area contributed by atoms with Crippen molar-refractivity contribution in [1.29, 1.82) is 0 Å². The Bertz CT molecular complexity index is 676. The number of carbonyl (C=O) groups excluding carboxylic acids is 2. The lowest BCUT2D eigenvalue weighted by Gasteiger charge is -2.34. The van der Waals surface area contributed by atoms with Gasteiger partial charge in [0.1, 0.15) is 5.69 Å². The molecule has 2 atom stereocenters. The van der Waals surface area contributed by atoms with Crippen molar-refractivity contribution in [2.24, 2.45) is 11.8 Å². The molecule has 6 nitrogen and oxygen atoms in total. The van der Waals surface area contributed by atoms with Crippen LogP contribution < -0.4 is 0 Å². The number of nitrogens with one attached hydrogen (secondary N) is 1. The van der Waals surface area contributed by atoms with Crippen LogP contribution in [0.15, 0.2) is 0 Å². The molecule has 1 fully saturated rings. The third-order valence-electron chi connectivity index (χ3n) is 5.16. The molecule has 6 heteroatoms. The van der Waals surface area contributed by atoms with Gasteiger partial charge in [-0.2, -0.15) is 0 Å². The molecule has 23 heavy (non-hydrogen) atoms. The van der Waals surface area contributed by atoms with E-state index in [9.17, 15) is 19.5 Å². The Labute approximate surface area is 134 Å². The standard InChI is InChI=1S/C17H22N2O4/c1-9-8-19(7-6-11(9)17(22)23)16(21)15-10(2)14-12(18-15)4-3-5-13(14)20/h9,11,18H,3-8H2,1-2H3,(H,22,23). The van der Waals surface area contributed by atoms with Crippen molar-refractivity contribution < 1.29 is 19.5 Å². The fourth-order valence-electron chi connectivity index (χ4n) is 3.84. The Morgan fingerprint density at radius 2 is 2.04 bits per heavy atom. The van der Waals surface area contributed by atoms with Crippen molar-refractivity contribution in [3.63, 3.8) is 0 Å². The average molecular weight is 318 g/mol. The Morgan fingerprint density at radius 3 is 2.65 bits per heavy atom. The van der Waals surface area contributed by atoms with Gasteiger partial charge in [0.2, 0.25) is 0 Å². The summed E-state index contributed by atoms with van der Waals surface area (Å²) in [7, 11) is 0. The highest BCUT2D eigenvalue weighted by atomic mass is 16.4. The van der Waals surface area contributed by atoms with Gasteiger partial charge in [0.05, 0.1) is 5.92 Å². The fraction of sp³-hybridized carbons (Fsp3) is 0.588. The van der Waals surface area contributed by atoms with E-state index in [-0.39, 0.29) is 17.6 Å². The zero-order chi connectivity index (χ0) is 16.7. The highest BCUT2D eigenvalue weighted by molar-refractivity contribution is 6.04. The number of carboxylic acid groups (broad SMARTS) is 1. The Hall–Kier alpha value is -2.11. The van der Waals surface area contributed by atoms with Crippen LogP contribution in [0.25, 0.3) is 0 Å². The van der Waals surface area contributed by atoms with Gasteiger partial charge in [-0.05, 0) is 37.7 Å². The molecular formula is C17H22N2O4. The number of H-pyrrole nitrogens is 1. The summed E-state index contributed by atoms with van der Waals surface area (Å²) in [4.78, 5) is 40.9. The molecule has 1 aliphatic carbocycles. The monoisotopic (exact) mass is 318 g/mol. The van der Waals surface area contributed by atoms with Gasteiger partial charge < -0.3 is 15.0 Å². The van der Waals surface area contributed by atoms with Crippen molar-refractivity contribution in [2.45, 2.75) is 39.5 Å². The largest absolute Gasteiger partial charge is 0.481 e. The summed E-state index contributed by atoms with van der Waals surface area (Å²) in [6.07, 6.45) is 2.63. The summed E-state index contributed by atoms with van der Waals surface area (Å²) in [5, 5.41) is 9.19. The number of aliphatic carboxylic acids is 1. The van der Waals surface area contributed by atoms with E-state index in [0.29, 0.717) is 37.2 Å². The number of ketones is 1. The minimum absolute atomic E-state index is 0.0725. The van der Waals surface area contributed by atoms with Crippen molar-refractivity contribution in [3.05, 3.63) is 22.5 Å². The summed E-state index contributed by atoms with van der Waals surface area (Å²) >= 11 is 0. The number of fused-ring (bicyclic) bond motifs is 1. The van der Waals surface area contributed by atoms with E-state index in [4.69, 9.17) is 0 Å². The molecule has 0 saturated carbocycles. The average Bonchev–Trinajstić information content (AvgIpc) is 2.84. The summed E-state index contributed by atoms with van der Waals surface area (Å²) < 4.78 is 0. The molecule has 1 amide bonds. The SMILES string of the molecule is Cc1c(C(=O)N2CCC(C(=O)O)C(C)C2)[nH]c2c1C(=O)CCC2. The highest BCUT2D eigenvalue weighted by Gasteiger charge is 2.35. The van der Waals surface area contributed by atoms with Gasteiger partial charge in [-0.25, -0.2) is 0 Å². The summed E-state index contributed by atoms with van der Waals surface area (Å²) in [6, 6.07) is 0. The van der Waals surface area contributed by atoms with Crippen LogP contribution in [0.5, 0.6) is 0 Å². The molecule has 1 saturated heterocycles. The molecule has 0 radical (unpaired) electrons. The quantitative estimate of drug-likeness (QED) is 0.873. The number of aryl methyl sites for hydroxylation is 1. The van der Waals surface area contributed by atoms with Gasteiger partial charge in [-0.1, -0.05) is 6.92 Å². The molecule has 2 N–H and O–H groups in total. The molecule has 2 unspecified atom stereocenters. The van der Waals surface area contributed by atoms with E-state index in [0.717, 1.165) is 24.1 Å². The number of nitrogens with zero attached hydrogens (tertiary/aromatic N) is 1. The molecule has 2 heterocycles. The van der Waals surface area contributed by atoms with Gasteiger partial charge in [-0.15, -0.1) is 0 Å². The van der Waals surface area contributed by atoms with Crippen LogP contribution in [0.3, 0.4) is 0 Å². The van der Waals surface area contributed by atoms with Crippen LogP contribution in [-0.4, -0.2) is 45.7 Å². The van der Waals surface area contributed by atoms with Gasteiger partial charge in [0, 0.05) is 30.8 Å². The minimum Gasteiger partial charge on any atom is -0.481 e. The zero-order valence-corrected chi connectivity index (χ0v) is 13.5. The normalized spacial score (nSPS) is 24.4. The molecule has 2 aliphatic rings. The first-order valence-electron chi connectivity index (χ1n) is 8.17. The molecular weight excluding hydrogens is 296 g/mol. The first-order chi connectivity index (χ1) is 10.9. The molecule has 0 spiro atoms. The maximum atomic E-state index is 12.8. The number of rotatable bonds is 2. The van der Waals surface area contributed by atoms with E-state index in [2.05, 4.69) is 4.98 Å². The number of hydrogen-bond donors (Lipinski definition) is 2. The second-order valence-electron chi connectivity index (χ2n) is 6.72. The van der Waals surface area contributed by atoms with Gasteiger partial charge >= 0.3 is 5.97 Å². The molecule has 3 rings (SSSR count). The topological polar surface area (TPSA) is 90.5 Å². The first-order valence-corrected chi connectivity index (χ1v) is 8.17. The Kier molecular flexibility index (Phi) is 4.00. The Balaban J connectivity index is 1.82. The number of aromatic amines is 1. The zero-order valence-electron chi connectivity index (χ0n) is 13.5. The van der Waals surface area contributed by atoms with E-state index >= 15 is 0 Å². The van der Waals surface area contributed by atoms with Gasteiger partial charge in [0.15, 0.2) is 5.78 Å². The maximum absolute atomic E-state index is 12.8. The van der Waals surface area contributed by atoms with Crippen LogP contribution >= 0.6 is 0 Å². The number of likely N-dealkylation sites (tertiary alicyclic amines) is 1. The van der Waals surface area contributed by atoms with Crippen molar-refractivity contribution in [3.8, 4) is 0 Å². The third kappa shape index (κ3) is 2.66. The predicted octanol–water partition coefficient (Wildman–Crippen LogP) is 2.02. The second kappa shape index (κ2) is 5.83. The summed E-state index contributed by atoms with van der Waals surface area (Å²) in [6.45, 7) is 4.57. The van der Waals surface area contributed by atoms with E-state index < -0.39 is 11.9 Å². The fourth-order valence-corrected chi connectivity index (χ4v) is 3.84. The summed E-state index contributed by atoms with van der Waals surface area (Å²) in [5.74, 6) is -1.27. The number of piperidine rings is 1. The molecule has 0 bridgehead atoms. The molecule has 0 aromatic carbocycles. The van der Waals surface area contributed by atoms with E-state index in [1.807, 2.05) is 13.8 Å². The van der Waals surface area contributed by atoms with Crippen LogP contribution in [0, 0.1) is 18.8 Å². The van der Waals surface area contributed by atoms with Crippen molar-refractivity contribution >= 4 is 17.7 Å². The van der Waals surface area contributed by atoms with Crippen LogP contribution in [0.4, 0.5) is 0 Å². The number of aromatic nitrogens is 1. The first kappa shape index (κ1) is 15.8. The molecule has 1 aromatic rings. The number of carbonyl (C=O) groups is 3. The molecule has 124 valence electrons. The van der Waals surface area contributed by atoms with Crippen LogP contribution in [-0.2, 0) is 11.2 Å². The molecule has 1 aromatic heterocycles. The smallest absolute Gasteiger partial charge is 0.306 e. The van der Waals surface area contributed by atoms with Crippen LogP contribution in [0.2, 0.25) is 0 Å². The highest BCUT2D eigenvalue weighted by Crippen LogP contribution is 2.29. The van der Waals surface area contributed by atoms with E-state index in [1.54, 1.807) is 4.90 Å². The number of carboxylic acids is 1. The van der Waals surface area contributed by atoms with Crippen LogP contribution in [0.1, 0.15) is 58.3 Å². The molecule has 1 aliphatic heterocycles. The van der Waals surface area contributed by atoms with Crippen molar-refractivity contribution in [2.75, 3.05) is 13.1 Å². The summed E-state index contributed by atoms with van der Waals surface area (Å²) in [5.41, 5.74) is 2.79. The number of Topliss-reactive ketones (excluding diaryl/α,β-unsaturated/α-hetero) is 1. The predicted molar refractivity (Wildman–Crippen MR) is 83.6 cm³/mol. The van der Waals surface area contributed by atoms with E-state index in [1.165, 1.54) is 0 Å². The van der Waals surface area contributed by atoms with Gasteiger partial charge in [0.25, 0.3) is 5.91 Å². The number of hydrogen-bond acceptors (Lipinski definition) is 3. The minimum atomic E-state index is -0.790. The number of amides is 1. The van der Waals surface area contributed by atoms with Crippen molar-refractivity contribution in [1.82, 2.24) is 9.88 Å².